The number of nitrogens with zero attached hydrogens (tertiary/aromatic N) is 5. The molecule has 1 N–H and O–H groups in total. The third kappa shape index (κ3) is 4.48. The van der Waals surface area contributed by atoms with Gasteiger partial charge in [0.1, 0.15) is 12.1 Å². The van der Waals surface area contributed by atoms with Gasteiger partial charge in [-0.25, -0.2) is 19.9 Å². The fraction of sp³-hybridized carbons (Fsp3) is 0.179. The molecule has 168 valence electrons. The molecule has 0 aliphatic rings. The first kappa shape index (κ1) is 21.6. The van der Waals surface area contributed by atoms with Crippen LogP contribution in [0.2, 0.25) is 0 Å². The second-order valence-corrected chi connectivity index (χ2v) is 9.22. The van der Waals surface area contributed by atoms with Gasteiger partial charge in [0.25, 0.3) is 0 Å². The van der Waals surface area contributed by atoms with Crippen LogP contribution in [0.25, 0.3) is 33.4 Å². The van der Waals surface area contributed by atoms with Crippen LogP contribution in [0.1, 0.15) is 32.0 Å². The monoisotopic (exact) mass is 446 g/mol. The maximum atomic E-state index is 4.90. The standard InChI is InChI=1S/C28H26N6/c1-28(2,3)21-12-10-19(11-13-21)23-8-6-9-24-25(23)27(32-17-22-7-4-5-14-31-22)34-26(33-24)20-15-29-18-30-16-20/h4-16,18H,17H2,1-3H3,(H,32,33,34). The van der Waals surface area contributed by atoms with Gasteiger partial charge in [-0.15, -0.1) is 0 Å². The summed E-state index contributed by atoms with van der Waals surface area (Å²) in [5.41, 5.74) is 6.16. The Kier molecular flexibility index (Phi) is 5.72. The lowest BCUT2D eigenvalue weighted by atomic mass is 9.86. The molecule has 0 saturated heterocycles. The van der Waals surface area contributed by atoms with Crippen LogP contribution in [-0.4, -0.2) is 24.9 Å². The van der Waals surface area contributed by atoms with E-state index in [-0.39, 0.29) is 5.41 Å². The number of hydrogen-bond acceptors (Lipinski definition) is 6. The molecule has 5 rings (SSSR count). The maximum Gasteiger partial charge on any atom is 0.165 e. The second-order valence-electron chi connectivity index (χ2n) is 9.22. The normalized spacial score (nSPS) is 11.5. The minimum absolute atomic E-state index is 0.0997. The van der Waals surface area contributed by atoms with Gasteiger partial charge in [-0.05, 0) is 40.3 Å². The van der Waals surface area contributed by atoms with Gasteiger partial charge in [-0.1, -0.05) is 63.2 Å². The molecule has 0 aliphatic heterocycles. The average Bonchev–Trinajstić information content (AvgIpc) is 2.87. The molecular weight excluding hydrogens is 420 g/mol. The first-order chi connectivity index (χ1) is 16.5. The summed E-state index contributed by atoms with van der Waals surface area (Å²) in [7, 11) is 0. The minimum Gasteiger partial charge on any atom is -0.364 e. The zero-order valence-corrected chi connectivity index (χ0v) is 19.5. The van der Waals surface area contributed by atoms with E-state index in [0.717, 1.165) is 39.1 Å². The van der Waals surface area contributed by atoms with Crippen molar-refractivity contribution in [1.29, 1.82) is 0 Å². The predicted molar refractivity (Wildman–Crippen MR) is 136 cm³/mol. The zero-order valence-electron chi connectivity index (χ0n) is 19.5. The van der Waals surface area contributed by atoms with Crippen molar-refractivity contribution in [2.45, 2.75) is 32.7 Å². The summed E-state index contributed by atoms with van der Waals surface area (Å²) in [5.74, 6) is 1.34. The third-order valence-corrected chi connectivity index (χ3v) is 5.77. The van der Waals surface area contributed by atoms with Crippen molar-refractivity contribution in [2.24, 2.45) is 0 Å². The number of anilines is 1. The SMILES string of the molecule is CC(C)(C)c1ccc(-c2cccc3nc(-c4cncnc4)nc(NCc4ccccn4)c23)cc1. The maximum absolute atomic E-state index is 4.90. The second kappa shape index (κ2) is 8.98. The Morgan fingerprint density at radius 1 is 0.794 bits per heavy atom. The first-order valence-corrected chi connectivity index (χ1v) is 11.3. The summed E-state index contributed by atoms with van der Waals surface area (Å²) in [6, 6.07) is 20.8. The van der Waals surface area contributed by atoms with Crippen molar-refractivity contribution in [1.82, 2.24) is 24.9 Å². The van der Waals surface area contributed by atoms with E-state index in [2.05, 4.69) is 71.4 Å². The van der Waals surface area contributed by atoms with E-state index in [9.17, 15) is 0 Å². The number of pyridine rings is 1. The van der Waals surface area contributed by atoms with Crippen LogP contribution in [0.3, 0.4) is 0 Å². The Morgan fingerprint density at radius 2 is 1.59 bits per heavy atom. The molecule has 0 spiro atoms. The molecule has 0 fully saturated rings. The molecule has 5 aromatic rings. The van der Waals surface area contributed by atoms with Crippen LogP contribution in [-0.2, 0) is 12.0 Å². The lowest BCUT2D eigenvalue weighted by Gasteiger charge is -2.19. The topological polar surface area (TPSA) is 76.5 Å². The molecule has 0 aliphatic carbocycles. The zero-order chi connectivity index (χ0) is 23.5. The molecule has 0 atom stereocenters. The van der Waals surface area contributed by atoms with Crippen LogP contribution in [0.4, 0.5) is 5.82 Å². The Balaban J connectivity index is 1.65. The highest BCUT2D eigenvalue weighted by Gasteiger charge is 2.17. The summed E-state index contributed by atoms with van der Waals surface area (Å²) < 4.78 is 0. The highest BCUT2D eigenvalue weighted by atomic mass is 15.0. The van der Waals surface area contributed by atoms with E-state index in [0.29, 0.717) is 12.4 Å². The van der Waals surface area contributed by atoms with Crippen LogP contribution in [0.5, 0.6) is 0 Å². The Bertz CT molecular complexity index is 1410. The number of hydrogen-bond donors (Lipinski definition) is 1. The van der Waals surface area contributed by atoms with Gasteiger partial charge in [0.2, 0.25) is 0 Å². The van der Waals surface area contributed by atoms with Crippen molar-refractivity contribution < 1.29 is 0 Å². The highest BCUT2D eigenvalue weighted by molar-refractivity contribution is 6.02. The van der Waals surface area contributed by atoms with Gasteiger partial charge in [0.05, 0.1) is 28.7 Å². The van der Waals surface area contributed by atoms with Gasteiger partial charge in [0.15, 0.2) is 5.82 Å². The summed E-state index contributed by atoms with van der Waals surface area (Å²) in [4.78, 5) is 22.5. The number of aromatic nitrogens is 5. The molecule has 34 heavy (non-hydrogen) atoms. The smallest absolute Gasteiger partial charge is 0.165 e. The summed E-state index contributed by atoms with van der Waals surface area (Å²) in [6.45, 7) is 7.22. The van der Waals surface area contributed by atoms with Crippen LogP contribution in [0.15, 0.2) is 85.6 Å². The Hall–Kier alpha value is -4.19. The molecule has 3 heterocycles. The summed E-state index contributed by atoms with van der Waals surface area (Å²) in [5, 5.41) is 4.48. The van der Waals surface area contributed by atoms with Crippen LogP contribution in [0, 0.1) is 0 Å². The van der Waals surface area contributed by atoms with E-state index >= 15 is 0 Å². The number of nitrogens with one attached hydrogen (secondary N) is 1. The summed E-state index contributed by atoms with van der Waals surface area (Å²) >= 11 is 0. The molecule has 0 saturated carbocycles. The lowest BCUT2D eigenvalue weighted by Crippen LogP contribution is -2.10. The van der Waals surface area contributed by atoms with Gasteiger partial charge in [-0.3, -0.25) is 4.98 Å². The highest BCUT2D eigenvalue weighted by Crippen LogP contribution is 2.35. The predicted octanol–water partition coefficient (Wildman–Crippen LogP) is 6.06. The van der Waals surface area contributed by atoms with Gasteiger partial charge >= 0.3 is 0 Å². The van der Waals surface area contributed by atoms with Crippen molar-refractivity contribution in [2.75, 3.05) is 5.32 Å². The fourth-order valence-electron chi connectivity index (χ4n) is 3.92. The van der Waals surface area contributed by atoms with Gasteiger partial charge in [-0.2, -0.15) is 0 Å². The lowest BCUT2D eigenvalue weighted by molar-refractivity contribution is 0.590. The van der Waals surface area contributed by atoms with E-state index < -0.39 is 0 Å². The largest absolute Gasteiger partial charge is 0.364 e. The van der Waals surface area contributed by atoms with Crippen LogP contribution >= 0.6 is 0 Å². The molecule has 3 aromatic heterocycles. The molecule has 6 heteroatoms. The van der Waals surface area contributed by atoms with Crippen LogP contribution < -0.4 is 5.32 Å². The van der Waals surface area contributed by atoms with Crippen molar-refractivity contribution in [3.05, 3.63) is 96.8 Å². The van der Waals surface area contributed by atoms with Gasteiger partial charge < -0.3 is 5.32 Å². The number of rotatable bonds is 5. The Labute approximate surface area is 199 Å². The Morgan fingerprint density at radius 3 is 2.29 bits per heavy atom. The van der Waals surface area contributed by atoms with E-state index in [1.165, 1.54) is 11.9 Å². The van der Waals surface area contributed by atoms with E-state index in [1.54, 1.807) is 18.6 Å². The number of benzene rings is 2. The molecule has 6 nitrogen and oxygen atoms in total. The molecular formula is C28H26N6. The minimum atomic E-state index is 0.0997. The van der Waals surface area contributed by atoms with Crippen molar-refractivity contribution >= 4 is 16.7 Å². The van der Waals surface area contributed by atoms with E-state index in [1.807, 2.05) is 30.3 Å². The summed E-state index contributed by atoms with van der Waals surface area (Å²) in [6.07, 6.45) is 6.76. The quantitative estimate of drug-likeness (QED) is 0.354. The molecule has 0 amide bonds. The van der Waals surface area contributed by atoms with Gasteiger partial charge in [0, 0.05) is 18.6 Å². The average molecular weight is 447 g/mol. The molecule has 0 bridgehead atoms. The molecule has 2 aromatic carbocycles. The first-order valence-electron chi connectivity index (χ1n) is 11.3. The van der Waals surface area contributed by atoms with Crippen molar-refractivity contribution in [3.8, 4) is 22.5 Å². The fourth-order valence-corrected chi connectivity index (χ4v) is 3.92. The third-order valence-electron chi connectivity index (χ3n) is 5.77. The molecule has 0 radical (unpaired) electrons. The van der Waals surface area contributed by atoms with Crippen molar-refractivity contribution in [3.63, 3.8) is 0 Å². The number of fused-ring (bicyclic) bond motifs is 1. The molecule has 0 unspecified atom stereocenters. The van der Waals surface area contributed by atoms with E-state index in [4.69, 9.17) is 9.97 Å².